The molecule has 4 rings (SSSR count). The molecular formula is C23H25N5O. The molecule has 1 aromatic heterocycles. The van der Waals surface area contributed by atoms with E-state index in [2.05, 4.69) is 32.2 Å². The number of hydrogen-bond donors (Lipinski definition) is 1. The van der Waals surface area contributed by atoms with Gasteiger partial charge in [0.05, 0.1) is 18.2 Å². The van der Waals surface area contributed by atoms with Gasteiger partial charge in [-0.3, -0.25) is 0 Å². The maximum absolute atomic E-state index is 9.01. The molecule has 2 heterocycles. The van der Waals surface area contributed by atoms with Crippen LogP contribution in [-0.2, 0) is 32.7 Å². The van der Waals surface area contributed by atoms with E-state index in [0.717, 1.165) is 48.0 Å². The summed E-state index contributed by atoms with van der Waals surface area (Å²) in [6.45, 7) is 2.91. The maximum atomic E-state index is 9.01. The summed E-state index contributed by atoms with van der Waals surface area (Å²) in [6, 6.07) is 17.7. The molecular weight excluding hydrogens is 362 g/mol. The third-order valence-electron chi connectivity index (χ3n) is 5.16. The van der Waals surface area contributed by atoms with Crippen molar-refractivity contribution in [3.63, 3.8) is 0 Å². The molecule has 148 valence electrons. The van der Waals surface area contributed by atoms with Gasteiger partial charge >= 0.3 is 0 Å². The van der Waals surface area contributed by atoms with Gasteiger partial charge in [-0.15, -0.1) is 10.2 Å². The number of nitrogens with one attached hydrogen (secondary N) is 1. The molecule has 6 nitrogen and oxygen atoms in total. The molecule has 29 heavy (non-hydrogen) atoms. The molecule has 0 fully saturated rings. The highest BCUT2D eigenvalue weighted by molar-refractivity contribution is 5.33. The summed E-state index contributed by atoms with van der Waals surface area (Å²) in [6.07, 6.45) is 4.71. The molecule has 0 atom stereocenters. The van der Waals surface area contributed by atoms with Crippen LogP contribution in [0.3, 0.4) is 0 Å². The third kappa shape index (κ3) is 5.01. The summed E-state index contributed by atoms with van der Waals surface area (Å²) in [4.78, 5) is 0. The SMILES string of the molecule is N#Cc1cccc(COc2cccc(CNCc3nnc4n3CCCCC4)c2)c1. The lowest BCUT2D eigenvalue weighted by atomic mass is 10.1. The van der Waals surface area contributed by atoms with Gasteiger partial charge in [-0.2, -0.15) is 5.26 Å². The van der Waals surface area contributed by atoms with Crippen molar-refractivity contribution in [3.8, 4) is 11.8 Å². The Kier molecular flexibility index (Phi) is 6.18. The first-order valence-corrected chi connectivity index (χ1v) is 10.1. The predicted octanol–water partition coefficient (Wildman–Crippen LogP) is 3.74. The predicted molar refractivity (Wildman–Crippen MR) is 110 cm³/mol. The van der Waals surface area contributed by atoms with Gasteiger partial charge in [-0.1, -0.05) is 30.7 Å². The summed E-state index contributed by atoms with van der Waals surface area (Å²) < 4.78 is 8.18. The average Bonchev–Trinajstić information content (AvgIpc) is 2.99. The zero-order chi connectivity index (χ0) is 19.9. The number of fused-ring (bicyclic) bond motifs is 1. The van der Waals surface area contributed by atoms with Crippen molar-refractivity contribution in [2.24, 2.45) is 0 Å². The van der Waals surface area contributed by atoms with Crippen LogP contribution in [0.25, 0.3) is 0 Å². The van der Waals surface area contributed by atoms with Gasteiger partial charge in [0.15, 0.2) is 0 Å². The van der Waals surface area contributed by atoms with Crippen molar-refractivity contribution in [1.29, 1.82) is 5.26 Å². The van der Waals surface area contributed by atoms with E-state index in [1.807, 2.05) is 36.4 Å². The second kappa shape index (κ2) is 9.35. The van der Waals surface area contributed by atoms with Crippen LogP contribution >= 0.6 is 0 Å². The highest BCUT2D eigenvalue weighted by Gasteiger charge is 2.14. The number of nitriles is 1. The van der Waals surface area contributed by atoms with Gasteiger partial charge in [0.1, 0.15) is 24.0 Å². The lowest BCUT2D eigenvalue weighted by Gasteiger charge is -2.10. The monoisotopic (exact) mass is 387 g/mol. The summed E-state index contributed by atoms with van der Waals surface area (Å²) >= 11 is 0. The van der Waals surface area contributed by atoms with E-state index >= 15 is 0 Å². The number of benzene rings is 2. The van der Waals surface area contributed by atoms with E-state index in [1.165, 1.54) is 19.3 Å². The Morgan fingerprint density at radius 2 is 1.90 bits per heavy atom. The quantitative estimate of drug-likeness (QED) is 0.668. The largest absolute Gasteiger partial charge is 0.489 e. The lowest BCUT2D eigenvalue weighted by molar-refractivity contribution is 0.306. The summed E-state index contributed by atoms with van der Waals surface area (Å²) in [5.74, 6) is 2.96. The fourth-order valence-electron chi connectivity index (χ4n) is 3.64. The van der Waals surface area contributed by atoms with Crippen LogP contribution in [0.4, 0.5) is 0 Å². The molecule has 0 saturated heterocycles. The molecule has 0 spiro atoms. The summed E-state index contributed by atoms with van der Waals surface area (Å²) in [5, 5.41) is 21.2. The molecule has 1 aliphatic rings. The van der Waals surface area contributed by atoms with E-state index in [-0.39, 0.29) is 0 Å². The first-order chi connectivity index (χ1) is 14.3. The van der Waals surface area contributed by atoms with Crippen molar-refractivity contribution >= 4 is 0 Å². The van der Waals surface area contributed by atoms with Crippen molar-refractivity contribution in [2.75, 3.05) is 0 Å². The first-order valence-electron chi connectivity index (χ1n) is 10.1. The van der Waals surface area contributed by atoms with E-state index in [4.69, 9.17) is 10.00 Å². The average molecular weight is 387 g/mol. The summed E-state index contributed by atoms with van der Waals surface area (Å²) in [5.41, 5.74) is 2.79. The van der Waals surface area contributed by atoms with E-state index in [0.29, 0.717) is 18.7 Å². The Labute approximate surface area is 171 Å². The van der Waals surface area contributed by atoms with Gasteiger partial charge in [-0.05, 0) is 48.2 Å². The van der Waals surface area contributed by atoms with Gasteiger partial charge in [0.2, 0.25) is 0 Å². The number of rotatable bonds is 7. The van der Waals surface area contributed by atoms with E-state index < -0.39 is 0 Å². The number of hydrogen-bond acceptors (Lipinski definition) is 5. The molecule has 1 aliphatic heterocycles. The Bertz CT molecular complexity index is 1000. The van der Waals surface area contributed by atoms with Crippen molar-refractivity contribution in [3.05, 3.63) is 76.9 Å². The molecule has 0 aliphatic carbocycles. The van der Waals surface area contributed by atoms with E-state index in [1.54, 1.807) is 6.07 Å². The molecule has 2 aromatic carbocycles. The maximum Gasteiger partial charge on any atom is 0.147 e. The number of aryl methyl sites for hydroxylation is 1. The third-order valence-corrected chi connectivity index (χ3v) is 5.16. The number of nitrogens with zero attached hydrogens (tertiary/aromatic N) is 4. The lowest BCUT2D eigenvalue weighted by Crippen LogP contribution is -2.17. The minimum absolute atomic E-state index is 0.443. The number of aromatic nitrogens is 3. The second-order valence-corrected chi connectivity index (χ2v) is 7.35. The summed E-state index contributed by atoms with van der Waals surface area (Å²) in [7, 11) is 0. The van der Waals surface area contributed by atoms with E-state index in [9.17, 15) is 0 Å². The van der Waals surface area contributed by atoms with Crippen LogP contribution in [-0.4, -0.2) is 14.8 Å². The zero-order valence-electron chi connectivity index (χ0n) is 16.5. The molecule has 0 amide bonds. The zero-order valence-corrected chi connectivity index (χ0v) is 16.5. The molecule has 0 saturated carbocycles. The van der Waals surface area contributed by atoms with Crippen LogP contribution < -0.4 is 10.1 Å². The van der Waals surface area contributed by atoms with Gasteiger partial charge in [-0.25, -0.2) is 0 Å². The van der Waals surface area contributed by atoms with Crippen LogP contribution in [0.1, 0.15) is 47.6 Å². The van der Waals surface area contributed by atoms with Crippen LogP contribution in [0.15, 0.2) is 48.5 Å². The molecule has 0 bridgehead atoms. The van der Waals surface area contributed by atoms with Crippen LogP contribution in [0, 0.1) is 11.3 Å². The van der Waals surface area contributed by atoms with Crippen molar-refractivity contribution in [1.82, 2.24) is 20.1 Å². The fourth-order valence-corrected chi connectivity index (χ4v) is 3.64. The van der Waals surface area contributed by atoms with Crippen LogP contribution in [0.2, 0.25) is 0 Å². The minimum Gasteiger partial charge on any atom is -0.489 e. The Balaban J connectivity index is 1.31. The second-order valence-electron chi connectivity index (χ2n) is 7.35. The molecule has 3 aromatic rings. The topological polar surface area (TPSA) is 75.8 Å². The van der Waals surface area contributed by atoms with Crippen molar-refractivity contribution in [2.45, 2.75) is 51.9 Å². The minimum atomic E-state index is 0.443. The molecule has 1 N–H and O–H groups in total. The smallest absolute Gasteiger partial charge is 0.147 e. The van der Waals surface area contributed by atoms with Gasteiger partial charge in [0.25, 0.3) is 0 Å². The van der Waals surface area contributed by atoms with Crippen LogP contribution in [0.5, 0.6) is 5.75 Å². The first kappa shape index (κ1) is 19.2. The highest BCUT2D eigenvalue weighted by atomic mass is 16.5. The van der Waals surface area contributed by atoms with Gasteiger partial charge in [0, 0.05) is 19.5 Å². The van der Waals surface area contributed by atoms with Gasteiger partial charge < -0.3 is 14.6 Å². The normalized spacial score (nSPS) is 13.3. The highest BCUT2D eigenvalue weighted by Crippen LogP contribution is 2.17. The Morgan fingerprint density at radius 3 is 2.83 bits per heavy atom. The molecule has 6 heteroatoms. The van der Waals surface area contributed by atoms with Crippen molar-refractivity contribution < 1.29 is 4.74 Å². The molecule has 0 unspecified atom stereocenters. The fraction of sp³-hybridized carbons (Fsp3) is 0.348. The number of ether oxygens (including phenoxy) is 1. The standard InChI is InChI=1S/C23H25N5O/c24-14-18-6-4-8-20(12-18)17-29-21-9-5-7-19(13-21)15-25-16-23-27-26-22-10-2-1-3-11-28(22)23/h4-9,12-13,25H,1-3,10-11,15-17H2. The molecule has 0 radical (unpaired) electrons. The Morgan fingerprint density at radius 1 is 1.00 bits per heavy atom. The Hall–Kier alpha value is -3.17.